The molecule has 18 heavy (non-hydrogen) atoms. The third-order valence-corrected chi connectivity index (χ3v) is 5.32. The molecule has 1 atom stereocenters. The van der Waals surface area contributed by atoms with Gasteiger partial charge in [-0.2, -0.15) is 0 Å². The zero-order chi connectivity index (χ0) is 12.5. The minimum absolute atomic E-state index is 0.121. The molecule has 1 aromatic carbocycles. The molecule has 0 radical (unpaired) electrons. The lowest BCUT2D eigenvalue weighted by atomic mass is 9.98. The standard InChI is InChI=1S/C15H19NOS/c1-11-6-8-16(9-7-11)15(17)14-10-12-4-2-3-5-13(12)18-14/h2-5,11,14H,6-10H2,1H3. The molecule has 2 heterocycles. The first-order valence-electron chi connectivity index (χ1n) is 6.77. The van der Waals surface area contributed by atoms with Gasteiger partial charge in [-0.1, -0.05) is 25.1 Å². The van der Waals surface area contributed by atoms with Gasteiger partial charge < -0.3 is 4.90 Å². The average molecular weight is 261 g/mol. The molecule has 3 rings (SSSR count). The molecule has 1 aromatic rings. The van der Waals surface area contributed by atoms with Gasteiger partial charge in [0.1, 0.15) is 0 Å². The van der Waals surface area contributed by atoms with Crippen LogP contribution >= 0.6 is 11.8 Å². The molecule has 0 N–H and O–H groups in total. The van der Waals surface area contributed by atoms with Crippen LogP contribution in [0.15, 0.2) is 29.2 Å². The number of piperidine rings is 1. The number of amides is 1. The molecule has 0 aromatic heterocycles. The number of hydrogen-bond donors (Lipinski definition) is 0. The van der Waals surface area contributed by atoms with Crippen LogP contribution in [0.5, 0.6) is 0 Å². The number of carbonyl (C=O) groups excluding carboxylic acids is 1. The van der Waals surface area contributed by atoms with Gasteiger partial charge in [-0.15, -0.1) is 11.8 Å². The van der Waals surface area contributed by atoms with Gasteiger partial charge in [0.05, 0.1) is 5.25 Å². The second-order valence-corrected chi connectivity index (χ2v) is 6.67. The van der Waals surface area contributed by atoms with Crippen LogP contribution in [0.1, 0.15) is 25.3 Å². The van der Waals surface area contributed by atoms with Crippen molar-refractivity contribution in [2.75, 3.05) is 13.1 Å². The van der Waals surface area contributed by atoms with Crippen molar-refractivity contribution in [2.45, 2.75) is 36.3 Å². The van der Waals surface area contributed by atoms with Crippen molar-refractivity contribution in [3.63, 3.8) is 0 Å². The summed E-state index contributed by atoms with van der Waals surface area (Å²) in [5.74, 6) is 1.13. The summed E-state index contributed by atoms with van der Waals surface area (Å²) in [6.07, 6.45) is 3.23. The monoisotopic (exact) mass is 261 g/mol. The minimum atomic E-state index is 0.121. The first-order valence-corrected chi connectivity index (χ1v) is 7.65. The van der Waals surface area contributed by atoms with Crippen molar-refractivity contribution in [1.82, 2.24) is 4.90 Å². The number of thioether (sulfide) groups is 1. The molecule has 0 bridgehead atoms. The summed E-state index contributed by atoms with van der Waals surface area (Å²) in [5, 5.41) is 0.121. The predicted octanol–water partition coefficient (Wildman–Crippen LogP) is 2.96. The number of carbonyl (C=O) groups is 1. The van der Waals surface area contributed by atoms with E-state index < -0.39 is 0 Å². The van der Waals surface area contributed by atoms with Crippen molar-refractivity contribution in [3.8, 4) is 0 Å². The summed E-state index contributed by atoms with van der Waals surface area (Å²) >= 11 is 1.75. The van der Waals surface area contributed by atoms with E-state index in [2.05, 4.69) is 36.1 Å². The minimum Gasteiger partial charge on any atom is -0.342 e. The first-order chi connectivity index (χ1) is 8.74. The number of likely N-dealkylation sites (tertiary alicyclic amines) is 1. The quantitative estimate of drug-likeness (QED) is 0.774. The van der Waals surface area contributed by atoms with E-state index in [1.807, 2.05) is 0 Å². The first kappa shape index (κ1) is 12.1. The lowest BCUT2D eigenvalue weighted by Crippen LogP contribution is -2.42. The fourth-order valence-corrected chi connectivity index (χ4v) is 4.03. The third kappa shape index (κ3) is 2.28. The fraction of sp³-hybridized carbons (Fsp3) is 0.533. The highest BCUT2D eigenvalue weighted by molar-refractivity contribution is 8.01. The van der Waals surface area contributed by atoms with Gasteiger partial charge in [0.25, 0.3) is 0 Å². The van der Waals surface area contributed by atoms with E-state index in [0.29, 0.717) is 5.91 Å². The molecule has 0 aliphatic carbocycles. The van der Waals surface area contributed by atoms with Crippen molar-refractivity contribution < 1.29 is 4.79 Å². The number of hydrogen-bond acceptors (Lipinski definition) is 2. The Labute approximate surface area is 113 Å². The molecule has 1 unspecified atom stereocenters. The van der Waals surface area contributed by atoms with E-state index in [9.17, 15) is 4.79 Å². The Morgan fingerprint density at radius 3 is 2.72 bits per heavy atom. The van der Waals surface area contributed by atoms with Crippen LogP contribution in [-0.4, -0.2) is 29.1 Å². The Kier molecular flexibility index (Phi) is 3.33. The Balaban J connectivity index is 1.65. The SMILES string of the molecule is CC1CCN(C(=O)C2Cc3ccccc3S2)CC1. The van der Waals surface area contributed by atoms with Crippen LogP contribution in [0.4, 0.5) is 0 Å². The van der Waals surface area contributed by atoms with Crippen molar-refractivity contribution in [1.29, 1.82) is 0 Å². The Morgan fingerprint density at radius 2 is 2.00 bits per heavy atom. The van der Waals surface area contributed by atoms with Gasteiger partial charge in [-0.05, 0) is 36.8 Å². The van der Waals surface area contributed by atoms with E-state index in [1.165, 1.54) is 10.5 Å². The number of benzene rings is 1. The maximum absolute atomic E-state index is 12.5. The van der Waals surface area contributed by atoms with E-state index in [4.69, 9.17) is 0 Å². The predicted molar refractivity (Wildman–Crippen MR) is 74.8 cm³/mol. The van der Waals surface area contributed by atoms with E-state index in [-0.39, 0.29) is 5.25 Å². The summed E-state index contributed by atoms with van der Waals surface area (Å²) in [6.45, 7) is 4.18. The molecular formula is C15H19NOS. The topological polar surface area (TPSA) is 20.3 Å². The zero-order valence-electron chi connectivity index (χ0n) is 10.8. The fourth-order valence-electron chi connectivity index (χ4n) is 2.75. The van der Waals surface area contributed by atoms with E-state index >= 15 is 0 Å². The molecule has 2 aliphatic heterocycles. The van der Waals surface area contributed by atoms with Gasteiger partial charge >= 0.3 is 0 Å². The van der Waals surface area contributed by atoms with Crippen LogP contribution in [0, 0.1) is 5.92 Å². The van der Waals surface area contributed by atoms with Gasteiger partial charge in [0, 0.05) is 18.0 Å². The summed E-state index contributed by atoms with van der Waals surface area (Å²) < 4.78 is 0. The van der Waals surface area contributed by atoms with Gasteiger partial charge in [-0.25, -0.2) is 0 Å². The summed E-state index contributed by atoms with van der Waals surface area (Å²) in [4.78, 5) is 15.8. The summed E-state index contributed by atoms with van der Waals surface area (Å²) in [7, 11) is 0. The van der Waals surface area contributed by atoms with Crippen molar-refractivity contribution in [3.05, 3.63) is 29.8 Å². The van der Waals surface area contributed by atoms with Gasteiger partial charge in [0.15, 0.2) is 0 Å². The van der Waals surface area contributed by atoms with E-state index in [0.717, 1.165) is 38.3 Å². The summed E-state index contributed by atoms with van der Waals surface area (Å²) in [6, 6.07) is 8.40. The van der Waals surface area contributed by atoms with Crippen LogP contribution < -0.4 is 0 Å². The molecule has 2 nitrogen and oxygen atoms in total. The number of nitrogens with zero attached hydrogens (tertiary/aromatic N) is 1. The normalized spacial score (nSPS) is 24.1. The van der Waals surface area contributed by atoms with Crippen LogP contribution in [-0.2, 0) is 11.2 Å². The lowest BCUT2D eigenvalue weighted by molar-refractivity contribution is -0.131. The maximum atomic E-state index is 12.5. The van der Waals surface area contributed by atoms with Gasteiger partial charge in [-0.3, -0.25) is 4.79 Å². The second kappa shape index (κ2) is 4.96. The highest BCUT2D eigenvalue weighted by atomic mass is 32.2. The van der Waals surface area contributed by atoms with Crippen molar-refractivity contribution in [2.24, 2.45) is 5.92 Å². The van der Waals surface area contributed by atoms with Gasteiger partial charge in [0.2, 0.25) is 5.91 Å². The van der Waals surface area contributed by atoms with Crippen LogP contribution in [0.2, 0.25) is 0 Å². The smallest absolute Gasteiger partial charge is 0.236 e. The molecule has 2 aliphatic rings. The molecule has 0 saturated carbocycles. The molecule has 0 spiro atoms. The van der Waals surface area contributed by atoms with Crippen molar-refractivity contribution >= 4 is 17.7 Å². The average Bonchev–Trinajstić information content (AvgIpc) is 2.82. The molecule has 96 valence electrons. The van der Waals surface area contributed by atoms with Crippen LogP contribution in [0.3, 0.4) is 0 Å². The highest BCUT2D eigenvalue weighted by Crippen LogP contribution is 2.38. The third-order valence-electron chi connectivity index (χ3n) is 4.02. The molecular weight excluding hydrogens is 242 g/mol. The number of fused-ring (bicyclic) bond motifs is 1. The number of rotatable bonds is 1. The largest absolute Gasteiger partial charge is 0.342 e. The zero-order valence-corrected chi connectivity index (χ0v) is 11.6. The molecule has 1 amide bonds. The van der Waals surface area contributed by atoms with Crippen LogP contribution in [0.25, 0.3) is 0 Å². The summed E-state index contributed by atoms with van der Waals surface area (Å²) in [5.41, 5.74) is 1.34. The van der Waals surface area contributed by atoms with E-state index in [1.54, 1.807) is 11.8 Å². The Hall–Kier alpha value is -0.960. The molecule has 1 fully saturated rings. The molecule has 1 saturated heterocycles. The highest BCUT2D eigenvalue weighted by Gasteiger charge is 2.32. The lowest BCUT2D eigenvalue weighted by Gasteiger charge is -2.31. The second-order valence-electron chi connectivity index (χ2n) is 5.43. The maximum Gasteiger partial charge on any atom is 0.236 e. The Morgan fingerprint density at radius 1 is 1.28 bits per heavy atom. The Bertz CT molecular complexity index is 427. The molecule has 3 heteroatoms.